The van der Waals surface area contributed by atoms with Gasteiger partial charge in [-0.3, -0.25) is 9.59 Å². The molecule has 0 radical (unpaired) electrons. The molecule has 0 bridgehead atoms. The van der Waals surface area contributed by atoms with E-state index in [9.17, 15) is 22.8 Å². The smallest absolute Gasteiger partial charge is 0.382 e. The van der Waals surface area contributed by atoms with Gasteiger partial charge in [-0.2, -0.15) is 13.2 Å². The highest BCUT2D eigenvalue weighted by Crippen LogP contribution is 2.30. The third-order valence-corrected chi connectivity index (χ3v) is 3.58. The first-order chi connectivity index (χ1) is 10.8. The third kappa shape index (κ3) is 4.44. The quantitative estimate of drug-likeness (QED) is 0.865. The first-order valence-electron chi connectivity index (χ1n) is 7.07. The molecule has 5 nitrogen and oxygen atoms in total. The lowest BCUT2D eigenvalue weighted by atomic mass is 10.0. The van der Waals surface area contributed by atoms with Gasteiger partial charge in [0, 0.05) is 13.5 Å². The highest BCUT2D eigenvalue weighted by Gasteiger charge is 2.32. The zero-order valence-electron chi connectivity index (χ0n) is 12.4. The van der Waals surface area contributed by atoms with Crippen molar-refractivity contribution in [2.75, 3.05) is 13.7 Å². The van der Waals surface area contributed by atoms with E-state index in [0.717, 1.165) is 12.1 Å². The molecule has 0 aliphatic carbocycles. The number of halogens is 3. The molecule has 1 aliphatic heterocycles. The Labute approximate surface area is 131 Å². The van der Waals surface area contributed by atoms with Crippen molar-refractivity contribution in [1.29, 1.82) is 0 Å². The largest absolute Gasteiger partial charge is 0.416 e. The number of carbonyl (C=O) groups excluding carboxylic acids is 2. The fourth-order valence-electron chi connectivity index (χ4n) is 2.40. The van der Waals surface area contributed by atoms with Crippen LogP contribution in [0.2, 0.25) is 0 Å². The molecule has 0 unspecified atom stereocenters. The van der Waals surface area contributed by atoms with Crippen molar-refractivity contribution in [3.05, 3.63) is 35.4 Å². The van der Waals surface area contributed by atoms with Gasteiger partial charge in [0.1, 0.15) is 6.04 Å². The SMILES string of the molecule is COC[C@@H](NC(=O)[C@@H]1CCC(=O)N1)c1cccc(C(F)(F)F)c1. The van der Waals surface area contributed by atoms with Gasteiger partial charge in [-0.15, -0.1) is 0 Å². The summed E-state index contributed by atoms with van der Waals surface area (Å²) >= 11 is 0. The van der Waals surface area contributed by atoms with Crippen molar-refractivity contribution in [1.82, 2.24) is 10.6 Å². The molecule has 1 fully saturated rings. The van der Waals surface area contributed by atoms with Crippen LogP contribution < -0.4 is 10.6 Å². The molecule has 0 saturated carbocycles. The Bertz CT molecular complexity index is 590. The van der Waals surface area contributed by atoms with Gasteiger partial charge in [-0.05, 0) is 24.1 Å². The van der Waals surface area contributed by atoms with Gasteiger partial charge in [0.05, 0.1) is 18.2 Å². The topological polar surface area (TPSA) is 67.4 Å². The molecular weight excluding hydrogens is 313 g/mol. The zero-order valence-corrected chi connectivity index (χ0v) is 12.4. The number of ether oxygens (including phenoxy) is 1. The number of rotatable bonds is 5. The number of hydrogen-bond donors (Lipinski definition) is 2. The van der Waals surface area contributed by atoms with Gasteiger partial charge in [-0.1, -0.05) is 12.1 Å². The fraction of sp³-hybridized carbons (Fsp3) is 0.467. The van der Waals surface area contributed by atoms with Crippen LogP contribution in [0, 0.1) is 0 Å². The molecule has 0 aromatic heterocycles. The molecule has 2 rings (SSSR count). The number of amides is 2. The van der Waals surface area contributed by atoms with Crippen LogP contribution in [0.25, 0.3) is 0 Å². The van der Waals surface area contributed by atoms with Crippen LogP contribution in [0.4, 0.5) is 13.2 Å². The molecule has 126 valence electrons. The van der Waals surface area contributed by atoms with E-state index < -0.39 is 29.7 Å². The van der Waals surface area contributed by atoms with Gasteiger partial charge in [-0.25, -0.2) is 0 Å². The summed E-state index contributed by atoms with van der Waals surface area (Å²) in [5.41, 5.74) is -0.501. The van der Waals surface area contributed by atoms with Crippen LogP contribution >= 0.6 is 0 Å². The Morgan fingerprint density at radius 2 is 2.22 bits per heavy atom. The Hall–Kier alpha value is -2.09. The maximum atomic E-state index is 12.8. The molecular formula is C15H17F3N2O3. The van der Waals surface area contributed by atoms with Crippen LogP contribution in [0.5, 0.6) is 0 Å². The van der Waals surface area contributed by atoms with Crippen LogP contribution in [-0.2, 0) is 20.5 Å². The van der Waals surface area contributed by atoms with Gasteiger partial charge in [0.25, 0.3) is 0 Å². The molecule has 1 heterocycles. The molecule has 1 aliphatic rings. The van der Waals surface area contributed by atoms with Crippen molar-refractivity contribution in [3.8, 4) is 0 Å². The van der Waals surface area contributed by atoms with E-state index in [1.165, 1.54) is 19.2 Å². The number of alkyl halides is 3. The first kappa shape index (κ1) is 17.3. The minimum atomic E-state index is -4.46. The van der Waals surface area contributed by atoms with Gasteiger partial charge in [0.15, 0.2) is 0 Å². The van der Waals surface area contributed by atoms with Crippen LogP contribution in [0.3, 0.4) is 0 Å². The molecule has 1 aromatic rings. The molecule has 23 heavy (non-hydrogen) atoms. The predicted molar refractivity (Wildman–Crippen MR) is 75.4 cm³/mol. The summed E-state index contributed by atoms with van der Waals surface area (Å²) in [6, 6.07) is 3.33. The third-order valence-electron chi connectivity index (χ3n) is 3.58. The first-order valence-corrected chi connectivity index (χ1v) is 7.07. The monoisotopic (exact) mass is 330 g/mol. The van der Waals surface area contributed by atoms with E-state index in [1.54, 1.807) is 0 Å². The average Bonchev–Trinajstić information content (AvgIpc) is 2.93. The number of methoxy groups -OCH3 is 1. The van der Waals surface area contributed by atoms with E-state index >= 15 is 0 Å². The summed E-state index contributed by atoms with van der Waals surface area (Å²) < 4.78 is 43.4. The second-order valence-electron chi connectivity index (χ2n) is 5.30. The molecule has 2 atom stereocenters. The second kappa shape index (κ2) is 6.99. The predicted octanol–water partition coefficient (Wildman–Crippen LogP) is 1.79. The van der Waals surface area contributed by atoms with Crippen molar-refractivity contribution < 1.29 is 27.5 Å². The Kier molecular flexibility index (Phi) is 5.25. The Morgan fingerprint density at radius 1 is 1.48 bits per heavy atom. The van der Waals surface area contributed by atoms with E-state index in [4.69, 9.17) is 4.74 Å². The lowest BCUT2D eigenvalue weighted by molar-refractivity contribution is -0.137. The molecule has 2 N–H and O–H groups in total. The highest BCUT2D eigenvalue weighted by atomic mass is 19.4. The summed E-state index contributed by atoms with van der Waals surface area (Å²) in [6.45, 7) is 0.0215. The zero-order chi connectivity index (χ0) is 17.0. The molecule has 1 aromatic carbocycles. The summed E-state index contributed by atoms with van der Waals surface area (Å²) in [5.74, 6) is -0.650. The van der Waals surface area contributed by atoms with Crippen molar-refractivity contribution in [3.63, 3.8) is 0 Å². The van der Waals surface area contributed by atoms with E-state index in [-0.39, 0.29) is 18.9 Å². The minimum Gasteiger partial charge on any atom is -0.382 e. The van der Waals surface area contributed by atoms with Crippen LogP contribution in [0.15, 0.2) is 24.3 Å². The molecule has 1 saturated heterocycles. The number of benzene rings is 1. The Balaban J connectivity index is 2.15. The number of nitrogens with one attached hydrogen (secondary N) is 2. The summed E-state index contributed by atoms with van der Waals surface area (Å²) in [4.78, 5) is 23.3. The fourth-order valence-corrected chi connectivity index (χ4v) is 2.40. The standard InChI is InChI=1S/C15H17F3N2O3/c1-23-8-12(20-14(22)11-5-6-13(21)19-11)9-3-2-4-10(7-9)15(16,17)18/h2-4,7,11-12H,5-6,8H2,1H3,(H,19,21)(H,20,22)/t11-,12+/m0/s1. The molecule has 0 spiro atoms. The van der Waals surface area contributed by atoms with Crippen molar-refractivity contribution in [2.24, 2.45) is 0 Å². The van der Waals surface area contributed by atoms with Gasteiger partial charge >= 0.3 is 6.18 Å². The summed E-state index contributed by atoms with van der Waals surface area (Å²) in [5, 5.41) is 5.15. The Morgan fingerprint density at radius 3 is 2.78 bits per heavy atom. The maximum Gasteiger partial charge on any atom is 0.416 e. The highest BCUT2D eigenvalue weighted by molar-refractivity contribution is 5.90. The maximum absolute atomic E-state index is 12.8. The second-order valence-corrected chi connectivity index (χ2v) is 5.30. The van der Waals surface area contributed by atoms with Gasteiger partial charge < -0.3 is 15.4 Å². The van der Waals surface area contributed by atoms with E-state index in [0.29, 0.717) is 12.0 Å². The van der Waals surface area contributed by atoms with Crippen molar-refractivity contribution >= 4 is 11.8 Å². The molecule has 8 heteroatoms. The lowest BCUT2D eigenvalue weighted by Gasteiger charge is -2.21. The number of hydrogen-bond acceptors (Lipinski definition) is 3. The van der Waals surface area contributed by atoms with Crippen molar-refractivity contribution in [2.45, 2.75) is 31.1 Å². The average molecular weight is 330 g/mol. The minimum absolute atomic E-state index is 0.0215. The van der Waals surface area contributed by atoms with E-state index in [2.05, 4.69) is 10.6 Å². The number of carbonyl (C=O) groups is 2. The van der Waals surface area contributed by atoms with Crippen LogP contribution in [0.1, 0.15) is 30.0 Å². The summed E-state index contributed by atoms with van der Waals surface area (Å²) in [7, 11) is 1.39. The van der Waals surface area contributed by atoms with E-state index in [1.807, 2.05) is 0 Å². The van der Waals surface area contributed by atoms with Gasteiger partial charge in [0.2, 0.25) is 11.8 Å². The summed E-state index contributed by atoms with van der Waals surface area (Å²) in [6.07, 6.45) is -3.83. The molecule has 2 amide bonds. The normalized spacial score (nSPS) is 19.3. The lowest BCUT2D eigenvalue weighted by Crippen LogP contribution is -2.44. The van der Waals surface area contributed by atoms with Crippen LogP contribution in [-0.4, -0.2) is 31.6 Å².